The lowest BCUT2D eigenvalue weighted by molar-refractivity contribution is -0.113. The van der Waals surface area contributed by atoms with Gasteiger partial charge in [-0.25, -0.2) is 0 Å². The van der Waals surface area contributed by atoms with E-state index in [4.69, 9.17) is 14.2 Å². The van der Waals surface area contributed by atoms with Crippen molar-refractivity contribution in [3.8, 4) is 22.9 Å². The van der Waals surface area contributed by atoms with Crippen molar-refractivity contribution in [2.45, 2.75) is 38.5 Å². The molecule has 1 atom stereocenters. The van der Waals surface area contributed by atoms with Gasteiger partial charge in [0.2, 0.25) is 5.91 Å². The van der Waals surface area contributed by atoms with Gasteiger partial charge in [0.25, 0.3) is 0 Å². The number of nitrogens with one attached hydrogen (secondary N) is 1. The number of nitrogens with zero attached hydrogens (tertiary/aromatic N) is 3. The van der Waals surface area contributed by atoms with Gasteiger partial charge in [-0.1, -0.05) is 11.8 Å². The maximum atomic E-state index is 12.7. The van der Waals surface area contributed by atoms with Crippen LogP contribution in [-0.4, -0.2) is 46.2 Å². The molecule has 4 rings (SSSR count). The number of benzene rings is 2. The zero-order valence-corrected chi connectivity index (χ0v) is 19.4. The van der Waals surface area contributed by atoms with Crippen LogP contribution in [0.25, 0.3) is 5.69 Å². The van der Waals surface area contributed by atoms with Crippen molar-refractivity contribution < 1.29 is 19.0 Å². The lowest BCUT2D eigenvalue weighted by Crippen LogP contribution is -2.15. The van der Waals surface area contributed by atoms with Crippen LogP contribution in [0.2, 0.25) is 0 Å². The molecule has 0 saturated heterocycles. The number of rotatable bonds is 8. The fourth-order valence-electron chi connectivity index (χ4n) is 3.59. The van der Waals surface area contributed by atoms with Gasteiger partial charge >= 0.3 is 0 Å². The van der Waals surface area contributed by atoms with Crippen molar-refractivity contribution in [2.24, 2.45) is 0 Å². The molecule has 0 fully saturated rings. The zero-order chi connectivity index (χ0) is 22.7. The molecule has 0 aliphatic carbocycles. The Morgan fingerprint density at radius 1 is 1.28 bits per heavy atom. The van der Waals surface area contributed by atoms with Crippen molar-refractivity contribution in [3.05, 3.63) is 47.8 Å². The Labute approximate surface area is 191 Å². The number of aryl methyl sites for hydroxylation is 1. The zero-order valence-electron chi connectivity index (χ0n) is 18.5. The van der Waals surface area contributed by atoms with E-state index in [0.29, 0.717) is 23.2 Å². The first-order valence-corrected chi connectivity index (χ1v) is 11.4. The molecule has 32 heavy (non-hydrogen) atoms. The van der Waals surface area contributed by atoms with E-state index in [1.54, 1.807) is 7.11 Å². The lowest BCUT2D eigenvalue weighted by Gasteiger charge is -2.14. The van der Waals surface area contributed by atoms with Crippen molar-refractivity contribution >= 4 is 23.4 Å². The molecule has 9 heteroatoms. The number of carbonyl (C=O) groups excluding carboxylic acids is 1. The summed E-state index contributed by atoms with van der Waals surface area (Å²) in [7, 11) is 1.63. The van der Waals surface area contributed by atoms with Crippen LogP contribution in [0.1, 0.15) is 25.2 Å². The Morgan fingerprint density at radius 2 is 2.06 bits per heavy atom. The van der Waals surface area contributed by atoms with Crippen LogP contribution in [0.3, 0.4) is 0 Å². The van der Waals surface area contributed by atoms with E-state index in [1.165, 1.54) is 11.8 Å². The van der Waals surface area contributed by atoms with Gasteiger partial charge in [0.1, 0.15) is 29.2 Å². The molecule has 1 aromatic heterocycles. The normalized spacial score (nSPS) is 14.6. The van der Waals surface area contributed by atoms with Crippen LogP contribution >= 0.6 is 11.8 Å². The molecule has 8 nitrogen and oxygen atoms in total. The van der Waals surface area contributed by atoms with Gasteiger partial charge in [-0.3, -0.25) is 9.36 Å². The number of amides is 1. The van der Waals surface area contributed by atoms with Crippen LogP contribution in [0.15, 0.2) is 41.6 Å². The summed E-state index contributed by atoms with van der Waals surface area (Å²) >= 11 is 1.32. The number of ether oxygens (including phenoxy) is 3. The van der Waals surface area contributed by atoms with E-state index in [9.17, 15) is 4.79 Å². The van der Waals surface area contributed by atoms with E-state index < -0.39 is 0 Å². The van der Waals surface area contributed by atoms with Crippen molar-refractivity contribution in [3.63, 3.8) is 0 Å². The number of methoxy groups -OCH3 is 1. The highest BCUT2D eigenvalue weighted by molar-refractivity contribution is 7.99. The van der Waals surface area contributed by atoms with E-state index in [1.807, 2.05) is 61.7 Å². The summed E-state index contributed by atoms with van der Waals surface area (Å²) in [6.07, 6.45) is 0.952. The molecule has 1 N–H and O–H groups in total. The molecule has 168 valence electrons. The molecule has 0 saturated carbocycles. The Bertz CT molecular complexity index is 1110. The second-order valence-electron chi connectivity index (χ2n) is 7.42. The standard InChI is InChI=1S/C23H26N4O4S/c1-5-30-21-11-16-10-14(2)31-20(16)12-19(21)24-22(28)13-32-23-26-25-15(3)27(23)17-6-8-18(29-4)9-7-17/h6-9,11-12,14H,5,10,13H2,1-4H3,(H,24,28)/t14-/m0/s1. The average molecular weight is 455 g/mol. The molecule has 1 aliphatic rings. The fraction of sp³-hybridized carbons (Fsp3) is 0.348. The third kappa shape index (κ3) is 4.67. The summed E-state index contributed by atoms with van der Waals surface area (Å²) in [4.78, 5) is 12.7. The molecule has 1 amide bonds. The van der Waals surface area contributed by atoms with Crippen LogP contribution < -0.4 is 19.5 Å². The smallest absolute Gasteiger partial charge is 0.234 e. The van der Waals surface area contributed by atoms with E-state index in [-0.39, 0.29) is 17.8 Å². The molecule has 2 aromatic carbocycles. The summed E-state index contributed by atoms with van der Waals surface area (Å²) in [5.74, 6) is 2.96. The lowest BCUT2D eigenvalue weighted by atomic mass is 10.1. The highest BCUT2D eigenvalue weighted by atomic mass is 32.2. The Morgan fingerprint density at radius 3 is 2.78 bits per heavy atom. The van der Waals surface area contributed by atoms with Gasteiger partial charge in [0.05, 0.1) is 25.2 Å². The van der Waals surface area contributed by atoms with Gasteiger partial charge in [-0.05, 0) is 51.1 Å². The predicted molar refractivity (Wildman–Crippen MR) is 123 cm³/mol. The minimum absolute atomic E-state index is 0.119. The number of thioether (sulfide) groups is 1. The first-order chi connectivity index (χ1) is 15.5. The monoisotopic (exact) mass is 454 g/mol. The second-order valence-corrected chi connectivity index (χ2v) is 8.36. The van der Waals surface area contributed by atoms with Crippen LogP contribution in [0.5, 0.6) is 17.2 Å². The number of anilines is 1. The highest BCUT2D eigenvalue weighted by Gasteiger charge is 2.23. The summed E-state index contributed by atoms with van der Waals surface area (Å²) in [5, 5.41) is 12.0. The second kappa shape index (κ2) is 9.52. The first kappa shape index (κ1) is 22.0. The van der Waals surface area contributed by atoms with Crippen LogP contribution in [-0.2, 0) is 11.2 Å². The van der Waals surface area contributed by atoms with Gasteiger partial charge in [0, 0.05) is 23.7 Å². The van der Waals surface area contributed by atoms with Crippen molar-refractivity contribution in [2.75, 3.05) is 24.8 Å². The Hall–Kier alpha value is -3.20. The minimum Gasteiger partial charge on any atom is -0.497 e. The molecule has 1 aliphatic heterocycles. The largest absolute Gasteiger partial charge is 0.497 e. The first-order valence-electron chi connectivity index (χ1n) is 10.4. The summed E-state index contributed by atoms with van der Waals surface area (Å²) in [6.45, 7) is 6.33. The number of carbonyl (C=O) groups is 1. The van der Waals surface area contributed by atoms with Gasteiger partial charge in [-0.15, -0.1) is 10.2 Å². The van der Waals surface area contributed by atoms with E-state index >= 15 is 0 Å². The molecular formula is C23H26N4O4S. The molecule has 0 spiro atoms. The maximum Gasteiger partial charge on any atom is 0.234 e. The Balaban J connectivity index is 1.47. The van der Waals surface area contributed by atoms with Gasteiger partial charge in [-0.2, -0.15) is 0 Å². The van der Waals surface area contributed by atoms with Crippen molar-refractivity contribution in [1.29, 1.82) is 0 Å². The molecule has 3 aromatic rings. The van der Waals surface area contributed by atoms with Gasteiger partial charge < -0.3 is 19.5 Å². The number of aromatic nitrogens is 3. The van der Waals surface area contributed by atoms with Gasteiger partial charge in [0.15, 0.2) is 5.16 Å². The number of fused-ring (bicyclic) bond motifs is 1. The summed E-state index contributed by atoms with van der Waals surface area (Å²) in [6, 6.07) is 11.4. The fourth-order valence-corrected chi connectivity index (χ4v) is 4.39. The third-order valence-corrected chi connectivity index (χ3v) is 5.96. The van der Waals surface area contributed by atoms with E-state index in [2.05, 4.69) is 15.5 Å². The number of hydrogen-bond acceptors (Lipinski definition) is 7. The summed E-state index contributed by atoms with van der Waals surface area (Å²) in [5.41, 5.74) is 2.61. The molecule has 2 heterocycles. The third-order valence-electron chi connectivity index (χ3n) is 5.03. The highest BCUT2D eigenvalue weighted by Crippen LogP contribution is 2.38. The molecule has 0 bridgehead atoms. The molecular weight excluding hydrogens is 428 g/mol. The number of hydrogen-bond donors (Lipinski definition) is 1. The maximum absolute atomic E-state index is 12.7. The quantitative estimate of drug-likeness (QED) is 0.514. The van der Waals surface area contributed by atoms with E-state index in [0.717, 1.165) is 35.0 Å². The topological polar surface area (TPSA) is 87.5 Å². The Kier molecular flexibility index (Phi) is 6.55. The average Bonchev–Trinajstić information content (AvgIpc) is 3.33. The minimum atomic E-state index is -0.163. The molecule has 0 radical (unpaired) electrons. The van der Waals surface area contributed by atoms with Crippen LogP contribution in [0, 0.1) is 6.92 Å². The SMILES string of the molecule is CCOc1cc2c(cc1NC(=O)CSc1nnc(C)n1-c1ccc(OC)cc1)O[C@@H](C)C2. The van der Waals surface area contributed by atoms with Crippen molar-refractivity contribution in [1.82, 2.24) is 14.8 Å². The summed E-state index contributed by atoms with van der Waals surface area (Å²) < 4.78 is 18.7. The predicted octanol–water partition coefficient (Wildman–Crippen LogP) is 4.04. The molecule has 0 unspecified atom stereocenters. The van der Waals surface area contributed by atoms with Crippen LogP contribution in [0.4, 0.5) is 5.69 Å².